The van der Waals surface area contributed by atoms with E-state index < -0.39 is 51.8 Å². The van der Waals surface area contributed by atoms with Crippen LogP contribution in [0.25, 0.3) is 11.1 Å². The van der Waals surface area contributed by atoms with Crippen LogP contribution in [0.4, 0.5) is 30.7 Å². The number of rotatable bonds is 2. The van der Waals surface area contributed by atoms with Crippen molar-refractivity contribution < 1.29 is 35.5 Å². The molecule has 0 unspecified atom stereocenters. The molecule has 2 aromatic carbocycles. The Hall–Kier alpha value is -2.38. The zero-order valence-corrected chi connectivity index (χ0v) is 12.0. The van der Waals surface area contributed by atoms with E-state index in [1.807, 2.05) is 0 Å². The second-order valence-corrected chi connectivity index (χ2v) is 5.01. The average Bonchev–Trinajstić information content (AvgIpc) is 2.45. The summed E-state index contributed by atoms with van der Waals surface area (Å²) < 4.78 is 91.1. The van der Waals surface area contributed by atoms with Gasteiger partial charge in [0.25, 0.3) is 0 Å². The normalized spacial score (nSPS) is 12.3. The van der Waals surface area contributed by atoms with Crippen molar-refractivity contribution in [2.75, 3.05) is 0 Å². The van der Waals surface area contributed by atoms with E-state index in [9.17, 15) is 35.5 Å². The number of benzene rings is 2. The summed E-state index contributed by atoms with van der Waals surface area (Å²) in [6.45, 7) is 0.926. The molecule has 0 aliphatic rings. The number of carbonyl (C=O) groups is 1. The quantitative estimate of drug-likeness (QED) is 0.499. The van der Waals surface area contributed by atoms with Crippen LogP contribution in [-0.4, -0.2) is 5.78 Å². The molecule has 24 heavy (non-hydrogen) atoms. The summed E-state index contributed by atoms with van der Waals surface area (Å²) in [5.74, 6) is -1.97. The summed E-state index contributed by atoms with van der Waals surface area (Å²) in [7, 11) is 0. The number of ketones is 1. The lowest BCUT2D eigenvalue weighted by Crippen LogP contribution is -2.12. The molecule has 128 valence electrons. The summed E-state index contributed by atoms with van der Waals surface area (Å²) in [5, 5.41) is 0. The van der Waals surface area contributed by atoms with Gasteiger partial charge in [-0.05, 0) is 36.8 Å². The monoisotopic (exact) mass is 350 g/mol. The molecule has 1 nitrogen and oxygen atoms in total. The first-order valence-electron chi connectivity index (χ1n) is 6.50. The zero-order valence-electron chi connectivity index (χ0n) is 12.0. The molecule has 0 atom stereocenters. The van der Waals surface area contributed by atoms with E-state index in [-0.39, 0.29) is 0 Å². The Morgan fingerprint density at radius 3 is 2.00 bits per heavy atom. The van der Waals surface area contributed by atoms with Crippen molar-refractivity contribution in [3.8, 4) is 11.1 Å². The molecule has 0 aromatic heterocycles. The molecule has 8 heteroatoms. The number of carbonyl (C=O) groups excluding carboxylic acids is 1. The van der Waals surface area contributed by atoms with Crippen molar-refractivity contribution in [3.05, 3.63) is 58.9 Å². The third-order valence-electron chi connectivity index (χ3n) is 3.31. The molecule has 2 aromatic rings. The standard InChI is InChI=1S/C16H9F7O/c1-8(24)11-4-2-9(6-13(11)16(21,22)23)12-7-10(15(18,19)20)3-5-14(12)17/h2-7H,1H3. The minimum absolute atomic E-state index is 0.407. The van der Waals surface area contributed by atoms with Crippen LogP contribution in [0, 0.1) is 5.82 Å². The SMILES string of the molecule is CC(=O)c1ccc(-c2cc(C(F)(F)F)ccc2F)cc1C(F)(F)F. The lowest BCUT2D eigenvalue weighted by molar-refractivity contribution is -0.138. The maximum Gasteiger partial charge on any atom is 0.417 e. The van der Waals surface area contributed by atoms with Crippen molar-refractivity contribution in [1.82, 2.24) is 0 Å². The number of Topliss-reactive ketones (excluding diaryl/α,β-unsaturated/α-hetero) is 1. The summed E-state index contributed by atoms with van der Waals surface area (Å²) >= 11 is 0. The minimum Gasteiger partial charge on any atom is -0.294 e. The Morgan fingerprint density at radius 1 is 0.875 bits per heavy atom. The molecule has 0 bridgehead atoms. The van der Waals surface area contributed by atoms with E-state index >= 15 is 0 Å². The lowest BCUT2D eigenvalue weighted by Gasteiger charge is -2.14. The molecule has 0 saturated heterocycles. The van der Waals surface area contributed by atoms with Gasteiger partial charge in [0.1, 0.15) is 5.82 Å². The van der Waals surface area contributed by atoms with Gasteiger partial charge in [-0.25, -0.2) is 4.39 Å². The first kappa shape index (κ1) is 18.0. The second kappa shape index (κ2) is 5.92. The Bertz CT molecular complexity index is 788. The molecular formula is C16H9F7O. The zero-order chi connectivity index (χ0) is 18.3. The maximum atomic E-state index is 13.8. The van der Waals surface area contributed by atoms with Crippen LogP contribution in [0.15, 0.2) is 36.4 Å². The maximum absolute atomic E-state index is 13.8. The smallest absolute Gasteiger partial charge is 0.294 e. The van der Waals surface area contributed by atoms with E-state index in [1.54, 1.807) is 0 Å². The Labute approximate surface area is 131 Å². The summed E-state index contributed by atoms with van der Waals surface area (Å²) in [4.78, 5) is 11.3. The molecule has 0 radical (unpaired) electrons. The highest BCUT2D eigenvalue weighted by atomic mass is 19.4. The van der Waals surface area contributed by atoms with Gasteiger partial charge in [0, 0.05) is 11.1 Å². The molecular weight excluding hydrogens is 341 g/mol. The molecule has 0 spiro atoms. The van der Waals surface area contributed by atoms with E-state index in [4.69, 9.17) is 0 Å². The Balaban J connectivity index is 2.68. The minimum atomic E-state index is -4.91. The van der Waals surface area contributed by atoms with Crippen molar-refractivity contribution in [1.29, 1.82) is 0 Å². The summed E-state index contributed by atoms with van der Waals surface area (Å²) in [6.07, 6.45) is -9.68. The first-order chi connectivity index (χ1) is 10.9. The van der Waals surface area contributed by atoms with E-state index in [2.05, 4.69) is 0 Å². The van der Waals surface area contributed by atoms with Crippen LogP contribution >= 0.6 is 0 Å². The largest absolute Gasteiger partial charge is 0.417 e. The molecule has 0 amide bonds. The Kier molecular flexibility index (Phi) is 4.43. The lowest BCUT2D eigenvalue weighted by atomic mass is 9.95. The van der Waals surface area contributed by atoms with Crippen LogP contribution in [-0.2, 0) is 12.4 Å². The second-order valence-electron chi connectivity index (χ2n) is 5.01. The van der Waals surface area contributed by atoms with Crippen molar-refractivity contribution in [3.63, 3.8) is 0 Å². The molecule has 0 aliphatic carbocycles. The predicted molar refractivity (Wildman–Crippen MR) is 71.8 cm³/mol. The first-order valence-corrected chi connectivity index (χ1v) is 6.50. The van der Waals surface area contributed by atoms with E-state index in [0.717, 1.165) is 19.1 Å². The van der Waals surface area contributed by atoms with Gasteiger partial charge >= 0.3 is 12.4 Å². The van der Waals surface area contributed by atoms with E-state index in [0.29, 0.717) is 24.3 Å². The van der Waals surface area contributed by atoms with Gasteiger partial charge in [-0.1, -0.05) is 12.1 Å². The molecule has 2 rings (SSSR count). The Morgan fingerprint density at radius 2 is 1.50 bits per heavy atom. The van der Waals surface area contributed by atoms with Crippen molar-refractivity contribution in [2.45, 2.75) is 19.3 Å². The summed E-state index contributed by atoms with van der Waals surface area (Å²) in [6, 6.07) is 3.72. The number of halogens is 7. The van der Waals surface area contributed by atoms with E-state index in [1.165, 1.54) is 0 Å². The van der Waals surface area contributed by atoms with Crippen LogP contribution in [0.3, 0.4) is 0 Å². The highest BCUT2D eigenvalue weighted by molar-refractivity contribution is 5.96. The van der Waals surface area contributed by atoms with Gasteiger partial charge in [0.2, 0.25) is 0 Å². The topological polar surface area (TPSA) is 17.1 Å². The van der Waals surface area contributed by atoms with Crippen LogP contribution < -0.4 is 0 Å². The van der Waals surface area contributed by atoms with Crippen molar-refractivity contribution in [2.24, 2.45) is 0 Å². The van der Waals surface area contributed by atoms with Crippen LogP contribution in [0.2, 0.25) is 0 Å². The molecule has 0 fully saturated rings. The fraction of sp³-hybridized carbons (Fsp3) is 0.188. The highest BCUT2D eigenvalue weighted by Gasteiger charge is 2.35. The third-order valence-corrected chi connectivity index (χ3v) is 3.31. The van der Waals surface area contributed by atoms with Gasteiger partial charge in [-0.15, -0.1) is 0 Å². The molecule has 0 N–H and O–H groups in total. The van der Waals surface area contributed by atoms with Crippen LogP contribution in [0.5, 0.6) is 0 Å². The highest BCUT2D eigenvalue weighted by Crippen LogP contribution is 2.37. The van der Waals surface area contributed by atoms with Crippen molar-refractivity contribution >= 4 is 5.78 Å². The fourth-order valence-corrected chi connectivity index (χ4v) is 2.18. The van der Waals surface area contributed by atoms with Crippen LogP contribution in [0.1, 0.15) is 28.4 Å². The number of hydrogen-bond donors (Lipinski definition) is 0. The predicted octanol–water partition coefficient (Wildman–Crippen LogP) is 5.73. The van der Waals surface area contributed by atoms with Gasteiger partial charge in [-0.2, -0.15) is 26.3 Å². The molecule has 0 heterocycles. The summed E-state index contributed by atoms with van der Waals surface area (Å²) in [5.41, 5.74) is -4.20. The third kappa shape index (κ3) is 3.58. The number of hydrogen-bond acceptors (Lipinski definition) is 1. The van der Waals surface area contributed by atoms with Gasteiger partial charge in [0.05, 0.1) is 11.1 Å². The average molecular weight is 350 g/mol. The van der Waals surface area contributed by atoms with Gasteiger partial charge in [0.15, 0.2) is 5.78 Å². The van der Waals surface area contributed by atoms with Gasteiger partial charge < -0.3 is 0 Å². The fourth-order valence-electron chi connectivity index (χ4n) is 2.18. The number of alkyl halides is 6. The van der Waals surface area contributed by atoms with Gasteiger partial charge in [-0.3, -0.25) is 4.79 Å². The molecule has 0 aliphatic heterocycles. The molecule has 0 saturated carbocycles.